The topological polar surface area (TPSA) is 20.3 Å². The van der Waals surface area contributed by atoms with Crippen LogP contribution in [0.4, 0.5) is 0 Å². The van der Waals surface area contributed by atoms with Gasteiger partial charge in [-0.25, -0.2) is 0 Å². The third-order valence-electron chi connectivity index (χ3n) is 2.06. The fraction of sp³-hybridized carbons (Fsp3) is 0.900. The van der Waals surface area contributed by atoms with Gasteiger partial charge in [-0.2, -0.15) is 0 Å². The summed E-state index contributed by atoms with van der Waals surface area (Å²) in [7, 11) is 4.07. The van der Waals surface area contributed by atoms with Gasteiger partial charge in [-0.15, -0.1) is 0 Å². The summed E-state index contributed by atoms with van der Waals surface area (Å²) in [4.78, 5) is 13.6. The van der Waals surface area contributed by atoms with Crippen LogP contribution in [0, 0.1) is 11.8 Å². The van der Waals surface area contributed by atoms with Gasteiger partial charge < -0.3 is 4.90 Å². The van der Waals surface area contributed by atoms with Crippen LogP contribution in [0.1, 0.15) is 27.2 Å². The van der Waals surface area contributed by atoms with Crippen molar-refractivity contribution in [2.24, 2.45) is 11.8 Å². The molecule has 0 aliphatic heterocycles. The van der Waals surface area contributed by atoms with Crippen molar-refractivity contribution in [1.82, 2.24) is 4.90 Å². The second-order valence-corrected chi connectivity index (χ2v) is 4.05. The third kappa shape index (κ3) is 4.50. The van der Waals surface area contributed by atoms with Gasteiger partial charge in [0.05, 0.1) is 0 Å². The van der Waals surface area contributed by atoms with E-state index in [1.165, 1.54) is 0 Å². The Morgan fingerprint density at radius 1 is 1.25 bits per heavy atom. The predicted octanol–water partition coefficient (Wildman–Crippen LogP) is 1.80. The third-order valence-corrected chi connectivity index (χ3v) is 2.06. The van der Waals surface area contributed by atoms with Crippen LogP contribution in [0.5, 0.6) is 0 Å². The number of Topliss-reactive ketones (excluding diaryl/α,β-unsaturated/α-hetero) is 1. The van der Waals surface area contributed by atoms with Gasteiger partial charge in [-0.3, -0.25) is 4.79 Å². The highest BCUT2D eigenvalue weighted by molar-refractivity contribution is 5.82. The number of nitrogens with zero attached hydrogens (tertiary/aromatic N) is 1. The average molecular weight is 171 g/mol. The lowest BCUT2D eigenvalue weighted by molar-refractivity contribution is -0.125. The van der Waals surface area contributed by atoms with Crippen LogP contribution in [-0.4, -0.2) is 31.3 Å². The lowest BCUT2D eigenvalue weighted by atomic mass is 9.94. The number of ketones is 1. The maximum Gasteiger partial charge on any atom is 0.138 e. The molecule has 0 fully saturated rings. The highest BCUT2D eigenvalue weighted by atomic mass is 16.1. The van der Waals surface area contributed by atoms with E-state index >= 15 is 0 Å². The molecule has 2 heteroatoms. The van der Waals surface area contributed by atoms with E-state index in [1.807, 2.05) is 34.9 Å². The maximum atomic E-state index is 11.4. The molecule has 2 nitrogen and oxygen atoms in total. The van der Waals surface area contributed by atoms with E-state index < -0.39 is 0 Å². The molecule has 0 rings (SSSR count). The van der Waals surface area contributed by atoms with Crippen LogP contribution >= 0.6 is 0 Å². The standard InChI is InChI=1S/C10H21NO/c1-8(2)10(12)9(3)6-7-11(4)5/h8-9H,6-7H2,1-5H3. The van der Waals surface area contributed by atoms with Crippen LogP contribution in [-0.2, 0) is 4.79 Å². The van der Waals surface area contributed by atoms with Gasteiger partial charge in [0, 0.05) is 11.8 Å². The van der Waals surface area contributed by atoms with Gasteiger partial charge in [0.1, 0.15) is 5.78 Å². The molecule has 0 aliphatic rings. The Hall–Kier alpha value is -0.370. The van der Waals surface area contributed by atoms with Crippen molar-refractivity contribution in [1.29, 1.82) is 0 Å². The number of carbonyl (C=O) groups is 1. The molecule has 1 atom stereocenters. The largest absolute Gasteiger partial charge is 0.309 e. The summed E-state index contributed by atoms with van der Waals surface area (Å²) in [6.45, 7) is 6.95. The minimum Gasteiger partial charge on any atom is -0.309 e. The summed E-state index contributed by atoms with van der Waals surface area (Å²) in [6.07, 6.45) is 0.976. The summed E-state index contributed by atoms with van der Waals surface area (Å²) in [5.41, 5.74) is 0. The van der Waals surface area contributed by atoms with Crippen molar-refractivity contribution < 1.29 is 4.79 Å². The van der Waals surface area contributed by atoms with Crippen LogP contribution in [0.3, 0.4) is 0 Å². The van der Waals surface area contributed by atoms with Crippen molar-refractivity contribution in [2.45, 2.75) is 27.2 Å². The lowest BCUT2D eigenvalue weighted by Crippen LogP contribution is -2.22. The average Bonchev–Trinajstić information content (AvgIpc) is 1.98. The quantitative estimate of drug-likeness (QED) is 0.628. The first-order valence-electron chi connectivity index (χ1n) is 4.63. The minimum absolute atomic E-state index is 0.183. The van der Waals surface area contributed by atoms with Gasteiger partial charge in [0.15, 0.2) is 0 Å². The number of rotatable bonds is 5. The van der Waals surface area contributed by atoms with E-state index in [2.05, 4.69) is 4.90 Å². The fourth-order valence-electron chi connectivity index (χ4n) is 1.16. The minimum atomic E-state index is 0.183. The summed E-state index contributed by atoms with van der Waals surface area (Å²) in [6, 6.07) is 0. The highest BCUT2D eigenvalue weighted by Crippen LogP contribution is 2.10. The molecule has 1 unspecified atom stereocenters. The number of carbonyl (C=O) groups excluding carboxylic acids is 1. The van der Waals surface area contributed by atoms with Gasteiger partial charge >= 0.3 is 0 Å². The molecule has 0 N–H and O–H groups in total. The van der Waals surface area contributed by atoms with Crippen molar-refractivity contribution in [3.05, 3.63) is 0 Å². The Bertz CT molecular complexity index is 141. The Balaban J connectivity index is 3.72. The van der Waals surface area contributed by atoms with E-state index in [1.54, 1.807) is 0 Å². The molecule has 0 bridgehead atoms. The molecule has 0 radical (unpaired) electrons. The molecule has 12 heavy (non-hydrogen) atoms. The summed E-state index contributed by atoms with van der Waals surface area (Å²) in [5, 5.41) is 0. The lowest BCUT2D eigenvalue weighted by Gasteiger charge is -2.15. The molecule has 0 spiro atoms. The summed E-state index contributed by atoms with van der Waals surface area (Å²) >= 11 is 0. The first kappa shape index (κ1) is 11.6. The Labute approximate surface area is 75.9 Å². The van der Waals surface area contributed by atoms with E-state index in [-0.39, 0.29) is 11.8 Å². The van der Waals surface area contributed by atoms with Crippen molar-refractivity contribution in [3.63, 3.8) is 0 Å². The first-order valence-corrected chi connectivity index (χ1v) is 4.63. The molecule has 0 aromatic carbocycles. The molecule has 0 saturated carbocycles. The molecule has 72 valence electrons. The molecule has 0 saturated heterocycles. The van der Waals surface area contributed by atoms with Gasteiger partial charge in [0.2, 0.25) is 0 Å². The fourth-order valence-corrected chi connectivity index (χ4v) is 1.16. The van der Waals surface area contributed by atoms with E-state index in [0.29, 0.717) is 5.78 Å². The van der Waals surface area contributed by atoms with Crippen molar-refractivity contribution >= 4 is 5.78 Å². The smallest absolute Gasteiger partial charge is 0.138 e. The number of hydrogen-bond donors (Lipinski definition) is 0. The second-order valence-electron chi connectivity index (χ2n) is 4.05. The predicted molar refractivity (Wildman–Crippen MR) is 52.2 cm³/mol. The van der Waals surface area contributed by atoms with Crippen molar-refractivity contribution in [3.8, 4) is 0 Å². The van der Waals surface area contributed by atoms with Crippen molar-refractivity contribution in [2.75, 3.05) is 20.6 Å². The molecule has 0 aromatic rings. The second kappa shape index (κ2) is 5.31. The highest BCUT2D eigenvalue weighted by Gasteiger charge is 2.15. The Morgan fingerprint density at radius 2 is 1.75 bits per heavy atom. The van der Waals surface area contributed by atoms with Gasteiger partial charge in [-0.05, 0) is 27.1 Å². The zero-order valence-electron chi connectivity index (χ0n) is 8.92. The van der Waals surface area contributed by atoms with Crippen LogP contribution in [0.2, 0.25) is 0 Å². The van der Waals surface area contributed by atoms with Crippen LogP contribution in [0.15, 0.2) is 0 Å². The van der Waals surface area contributed by atoms with Crippen LogP contribution < -0.4 is 0 Å². The normalized spacial score (nSPS) is 13.9. The summed E-state index contributed by atoms with van der Waals surface area (Å²) < 4.78 is 0. The van der Waals surface area contributed by atoms with E-state index in [0.717, 1.165) is 13.0 Å². The monoisotopic (exact) mass is 171 g/mol. The summed E-state index contributed by atoms with van der Waals surface area (Å²) in [5.74, 6) is 0.784. The SMILES string of the molecule is CC(C)C(=O)C(C)CCN(C)C. The van der Waals surface area contributed by atoms with E-state index in [9.17, 15) is 4.79 Å². The maximum absolute atomic E-state index is 11.4. The molecule has 0 amide bonds. The number of hydrogen-bond acceptors (Lipinski definition) is 2. The Morgan fingerprint density at radius 3 is 2.08 bits per heavy atom. The van der Waals surface area contributed by atoms with Crippen LogP contribution in [0.25, 0.3) is 0 Å². The van der Waals surface area contributed by atoms with Gasteiger partial charge in [0.25, 0.3) is 0 Å². The zero-order valence-corrected chi connectivity index (χ0v) is 8.92. The van der Waals surface area contributed by atoms with Gasteiger partial charge in [-0.1, -0.05) is 20.8 Å². The molecular formula is C10H21NO. The van der Waals surface area contributed by atoms with E-state index in [4.69, 9.17) is 0 Å². The molecular weight excluding hydrogens is 150 g/mol. The first-order chi connectivity index (χ1) is 5.45. The molecule has 0 aliphatic carbocycles. The molecule has 0 aromatic heterocycles. The Kier molecular flexibility index (Phi) is 5.14. The molecule has 0 heterocycles. The zero-order chi connectivity index (χ0) is 9.72.